The molecule has 0 amide bonds. The smallest absolute Gasteiger partial charge is 0.337 e. The van der Waals surface area contributed by atoms with E-state index in [4.69, 9.17) is 14.6 Å². The molecule has 0 bridgehead atoms. The third-order valence-corrected chi connectivity index (χ3v) is 1.52. The SMILES string of the molecule is COCCOc1ccc(C(=O)O)cn1. The number of methoxy groups -OCH3 is 1. The lowest BCUT2D eigenvalue weighted by Gasteiger charge is -2.03. The topological polar surface area (TPSA) is 68.7 Å². The van der Waals surface area contributed by atoms with Crippen molar-refractivity contribution in [3.05, 3.63) is 23.9 Å². The molecule has 1 aromatic heterocycles. The van der Waals surface area contributed by atoms with Gasteiger partial charge in [-0.1, -0.05) is 0 Å². The van der Waals surface area contributed by atoms with E-state index in [0.29, 0.717) is 19.1 Å². The maximum absolute atomic E-state index is 10.5. The molecule has 0 aliphatic heterocycles. The number of hydrogen-bond acceptors (Lipinski definition) is 4. The van der Waals surface area contributed by atoms with E-state index in [1.807, 2.05) is 0 Å². The van der Waals surface area contributed by atoms with E-state index in [1.165, 1.54) is 18.3 Å². The second-order valence-corrected chi connectivity index (χ2v) is 2.53. The van der Waals surface area contributed by atoms with Crippen LogP contribution in [0.4, 0.5) is 0 Å². The predicted octanol–water partition coefficient (Wildman–Crippen LogP) is 0.805. The molecule has 0 saturated carbocycles. The summed E-state index contributed by atoms with van der Waals surface area (Å²) in [6.45, 7) is 0.873. The van der Waals surface area contributed by atoms with Gasteiger partial charge in [-0.15, -0.1) is 0 Å². The first-order chi connectivity index (χ1) is 6.74. The number of rotatable bonds is 5. The van der Waals surface area contributed by atoms with Crippen LogP contribution in [0.3, 0.4) is 0 Å². The Morgan fingerprint density at radius 1 is 1.50 bits per heavy atom. The molecule has 0 fully saturated rings. The highest BCUT2D eigenvalue weighted by atomic mass is 16.5. The first-order valence-electron chi connectivity index (χ1n) is 4.05. The Kier molecular flexibility index (Phi) is 3.87. The zero-order chi connectivity index (χ0) is 10.4. The van der Waals surface area contributed by atoms with E-state index in [0.717, 1.165) is 0 Å². The van der Waals surface area contributed by atoms with Crippen LogP contribution in [0, 0.1) is 0 Å². The van der Waals surface area contributed by atoms with Crippen LogP contribution in [-0.4, -0.2) is 36.4 Å². The molecule has 0 saturated heterocycles. The summed E-state index contributed by atoms with van der Waals surface area (Å²) in [5.41, 5.74) is 0.143. The number of nitrogens with zero attached hydrogens (tertiary/aromatic N) is 1. The molecule has 5 heteroatoms. The molecule has 0 unspecified atom stereocenters. The lowest BCUT2D eigenvalue weighted by molar-refractivity contribution is 0.0696. The summed E-state index contributed by atoms with van der Waals surface area (Å²) in [4.78, 5) is 14.3. The number of hydrogen-bond donors (Lipinski definition) is 1. The minimum absolute atomic E-state index is 0.143. The fourth-order valence-electron chi connectivity index (χ4n) is 0.822. The Labute approximate surface area is 81.3 Å². The van der Waals surface area contributed by atoms with Gasteiger partial charge in [0.1, 0.15) is 6.61 Å². The number of carboxylic acid groups (broad SMARTS) is 1. The number of aromatic nitrogens is 1. The lowest BCUT2D eigenvalue weighted by Crippen LogP contribution is -2.06. The Morgan fingerprint density at radius 3 is 2.79 bits per heavy atom. The normalized spacial score (nSPS) is 9.79. The van der Waals surface area contributed by atoms with Gasteiger partial charge in [-0.3, -0.25) is 0 Å². The van der Waals surface area contributed by atoms with E-state index < -0.39 is 5.97 Å². The zero-order valence-corrected chi connectivity index (χ0v) is 7.77. The standard InChI is InChI=1S/C9H11NO4/c1-13-4-5-14-8-3-2-7(6-10-8)9(11)12/h2-3,6H,4-5H2,1H3,(H,11,12). The van der Waals surface area contributed by atoms with Gasteiger partial charge in [-0.2, -0.15) is 0 Å². The molecule has 5 nitrogen and oxygen atoms in total. The van der Waals surface area contributed by atoms with Crippen molar-refractivity contribution in [1.29, 1.82) is 0 Å². The van der Waals surface area contributed by atoms with Crippen LogP contribution in [0.25, 0.3) is 0 Å². The average Bonchev–Trinajstić information content (AvgIpc) is 2.19. The van der Waals surface area contributed by atoms with Crippen LogP contribution < -0.4 is 4.74 Å². The summed E-state index contributed by atoms with van der Waals surface area (Å²) < 4.78 is 9.93. The van der Waals surface area contributed by atoms with Crippen molar-refractivity contribution in [2.45, 2.75) is 0 Å². The van der Waals surface area contributed by atoms with E-state index >= 15 is 0 Å². The minimum atomic E-state index is -0.999. The molecule has 76 valence electrons. The minimum Gasteiger partial charge on any atom is -0.478 e. The van der Waals surface area contributed by atoms with Gasteiger partial charge in [-0.25, -0.2) is 9.78 Å². The van der Waals surface area contributed by atoms with Gasteiger partial charge in [0.15, 0.2) is 0 Å². The second-order valence-electron chi connectivity index (χ2n) is 2.53. The molecule has 0 aliphatic carbocycles. The van der Waals surface area contributed by atoms with Crippen LogP contribution in [0.5, 0.6) is 5.88 Å². The van der Waals surface area contributed by atoms with Crippen molar-refractivity contribution in [1.82, 2.24) is 4.98 Å². The Hall–Kier alpha value is -1.62. The van der Waals surface area contributed by atoms with Crippen molar-refractivity contribution < 1.29 is 19.4 Å². The summed E-state index contributed by atoms with van der Waals surface area (Å²) in [5, 5.41) is 8.59. The number of carbonyl (C=O) groups is 1. The molecule has 0 atom stereocenters. The number of aromatic carboxylic acids is 1. The largest absolute Gasteiger partial charge is 0.478 e. The third kappa shape index (κ3) is 3.02. The molecule has 1 heterocycles. The van der Waals surface area contributed by atoms with Gasteiger partial charge < -0.3 is 14.6 Å². The number of carboxylic acids is 1. The van der Waals surface area contributed by atoms with E-state index in [-0.39, 0.29) is 5.56 Å². The molecule has 0 aromatic carbocycles. The Balaban J connectivity index is 2.51. The van der Waals surface area contributed by atoms with Gasteiger partial charge in [-0.05, 0) is 6.07 Å². The summed E-state index contributed by atoms with van der Waals surface area (Å²) >= 11 is 0. The van der Waals surface area contributed by atoms with Gasteiger partial charge in [0.25, 0.3) is 0 Å². The number of pyridine rings is 1. The van der Waals surface area contributed by atoms with Crippen molar-refractivity contribution in [2.75, 3.05) is 20.3 Å². The van der Waals surface area contributed by atoms with E-state index in [1.54, 1.807) is 7.11 Å². The van der Waals surface area contributed by atoms with Crippen molar-refractivity contribution in [2.24, 2.45) is 0 Å². The summed E-state index contributed by atoms with van der Waals surface area (Å²) in [6.07, 6.45) is 1.25. The molecular weight excluding hydrogens is 186 g/mol. The van der Waals surface area contributed by atoms with Crippen LogP contribution >= 0.6 is 0 Å². The first-order valence-corrected chi connectivity index (χ1v) is 4.05. The first kappa shape index (κ1) is 10.5. The number of ether oxygens (including phenoxy) is 2. The van der Waals surface area contributed by atoms with Crippen LogP contribution in [0.15, 0.2) is 18.3 Å². The molecule has 0 aliphatic rings. The third-order valence-electron chi connectivity index (χ3n) is 1.52. The quantitative estimate of drug-likeness (QED) is 0.707. The Bertz CT molecular complexity index is 296. The van der Waals surface area contributed by atoms with Crippen LogP contribution in [-0.2, 0) is 4.74 Å². The van der Waals surface area contributed by atoms with Crippen LogP contribution in [0.2, 0.25) is 0 Å². The average molecular weight is 197 g/mol. The highest BCUT2D eigenvalue weighted by Gasteiger charge is 2.02. The van der Waals surface area contributed by atoms with Crippen molar-refractivity contribution >= 4 is 5.97 Å². The van der Waals surface area contributed by atoms with Crippen molar-refractivity contribution in [3.63, 3.8) is 0 Å². The molecule has 1 N–H and O–H groups in total. The molecule has 0 radical (unpaired) electrons. The van der Waals surface area contributed by atoms with Gasteiger partial charge in [0, 0.05) is 19.4 Å². The summed E-state index contributed by atoms with van der Waals surface area (Å²) in [7, 11) is 1.57. The second kappa shape index (κ2) is 5.18. The Morgan fingerprint density at radius 2 is 2.29 bits per heavy atom. The fourth-order valence-corrected chi connectivity index (χ4v) is 0.822. The maximum atomic E-state index is 10.5. The highest BCUT2D eigenvalue weighted by molar-refractivity contribution is 5.87. The van der Waals surface area contributed by atoms with Crippen molar-refractivity contribution in [3.8, 4) is 5.88 Å². The van der Waals surface area contributed by atoms with Gasteiger partial charge in [0.05, 0.1) is 12.2 Å². The zero-order valence-electron chi connectivity index (χ0n) is 7.77. The monoisotopic (exact) mass is 197 g/mol. The molecule has 1 aromatic rings. The summed E-state index contributed by atoms with van der Waals surface area (Å²) in [6, 6.07) is 2.95. The van der Waals surface area contributed by atoms with Gasteiger partial charge >= 0.3 is 5.97 Å². The van der Waals surface area contributed by atoms with E-state index in [2.05, 4.69) is 4.98 Å². The fraction of sp³-hybridized carbons (Fsp3) is 0.333. The van der Waals surface area contributed by atoms with Crippen LogP contribution in [0.1, 0.15) is 10.4 Å². The highest BCUT2D eigenvalue weighted by Crippen LogP contribution is 2.07. The van der Waals surface area contributed by atoms with E-state index in [9.17, 15) is 4.79 Å². The molecule has 1 rings (SSSR count). The van der Waals surface area contributed by atoms with Gasteiger partial charge in [0.2, 0.25) is 5.88 Å². The summed E-state index contributed by atoms with van der Waals surface area (Å²) in [5.74, 6) is -0.604. The molecule has 14 heavy (non-hydrogen) atoms. The lowest BCUT2D eigenvalue weighted by atomic mass is 10.3. The molecule has 0 spiro atoms. The predicted molar refractivity (Wildman–Crippen MR) is 48.6 cm³/mol. The maximum Gasteiger partial charge on any atom is 0.337 e. The molecular formula is C9H11NO4.